The molecular weight excluding hydrogens is 422 g/mol. The van der Waals surface area contributed by atoms with Gasteiger partial charge in [-0.05, 0) is 44.2 Å². The van der Waals surface area contributed by atoms with Crippen LogP contribution < -0.4 is 5.56 Å². The fourth-order valence-corrected chi connectivity index (χ4v) is 4.91. The Morgan fingerprint density at radius 2 is 1.84 bits per heavy atom. The number of carbonyl (C=O) groups excluding carboxylic acids is 1. The first-order valence-corrected chi connectivity index (χ1v) is 11.2. The van der Waals surface area contributed by atoms with E-state index in [4.69, 9.17) is 9.40 Å². The van der Waals surface area contributed by atoms with Gasteiger partial charge in [0, 0.05) is 22.2 Å². The lowest BCUT2D eigenvalue weighted by Gasteiger charge is -2.15. The summed E-state index contributed by atoms with van der Waals surface area (Å²) >= 11 is 1.29. The lowest BCUT2D eigenvalue weighted by molar-refractivity contribution is 0.0995. The topological polar surface area (TPSA) is 80.9 Å². The third-order valence-corrected chi connectivity index (χ3v) is 6.60. The number of carbonyl (C=O) groups is 1. The van der Waals surface area contributed by atoms with Crippen molar-refractivity contribution in [2.24, 2.45) is 0 Å². The van der Waals surface area contributed by atoms with Gasteiger partial charge >= 0.3 is 0 Å². The number of fused-ring (bicyclic) bond motifs is 2. The first-order chi connectivity index (χ1) is 15.5. The van der Waals surface area contributed by atoms with Gasteiger partial charge in [0.2, 0.25) is 0 Å². The average molecular weight is 444 g/mol. The number of ketones is 1. The van der Waals surface area contributed by atoms with E-state index < -0.39 is 5.25 Å². The highest BCUT2D eigenvalue weighted by Crippen LogP contribution is 2.30. The molecule has 1 unspecified atom stereocenters. The highest BCUT2D eigenvalue weighted by Gasteiger charge is 2.24. The summed E-state index contributed by atoms with van der Waals surface area (Å²) in [6, 6.07) is 18.6. The number of hydrogen-bond acceptors (Lipinski definition) is 5. The molecule has 0 aliphatic heterocycles. The maximum absolute atomic E-state index is 13.4. The molecule has 0 spiro atoms. The molecule has 0 amide bonds. The number of H-pyrrole nitrogens is 1. The summed E-state index contributed by atoms with van der Waals surface area (Å²) in [6.07, 6.45) is 1.58. The predicted octanol–water partition coefficient (Wildman–Crippen LogP) is 5.19. The summed E-state index contributed by atoms with van der Waals surface area (Å²) in [7, 11) is 0. The van der Waals surface area contributed by atoms with Gasteiger partial charge in [0.25, 0.3) is 5.56 Å². The largest absolute Gasteiger partial charge is 0.467 e. The number of nitrogens with zero attached hydrogens (tertiary/aromatic N) is 2. The molecule has 7 heteroatoms. The van der Waals surface area contributed by atoms with Gasteiger partial charge in [0.15, 0.2) is 10.9 Å². The van der Waals surface area contributed by atoms with Gasteiger partial charge in [-0.15, -0.1) is 0 Å². The number of aromatic amines is 1. The Bertz CT molecular complexity index is 1500. The van der Waals surface area contributed by atoms with E-state index in [2.05, 4.69) is 4.98 Å². The van der Waals surface area contributed by atoms with Crippen molar-refractivity contribution in [2.45, 2.75) is 30.8 Å². The van der Waals surface area contributed by atoms with E-state index in [1.165, 1.54) is 11.8 Å². The zero-order valence-corrected chi connectivity index (χ0v) is 18.5. The second-order valence-corrected chi connectivity index (χ2v) is 8.99. The van der Waals surface area contributed by atoms with Crippen LogP contribution in [0.25, 0.3) is 21.8 Å². The highest BCUT2D eigenvalue weighted by molar-refractivity contribution is 8.00. The van der Waals surface area contributed by atoms with Gasteiger partial charge in [-0.1, -0.05) is 42.1 Å². The van der Waals surface area contributed by atoms with Crippen molar-refractivity contribution in [3.05, 3.63) is 94.3 Å². The van der Waals surface area contributed by atoms with Crippen molar-refractivity contribution in [1.29, 1.82) is 0 Å². The number of furan rings is 1. The van der Waals surface area contributed by atoms with Crippen LogP contribution in [0.1, 0.15) is 28.7 Å². The van der Waals surface area contributed by atoms with Crippen LogP contribution in [0.2, 0.25) is 0 Å². The number of nitrogens with one attached hydrogen (secondary N) is 1. The van der Waals surface area contributed by atoms with Crippen LogP contribution >= 0.6 is 11.8 Å². The number of Topliss-reactive ketones (excluding diaryl/α,β-unsaturated/α-hetero) is 1. The SMILES string of the molecule is Cc1[nH]c2ccccc2c1C(=O)C(C)Sc1nc2ccccc2c(=O)n1Cc1ccco1. The van der Waals surface area contributed by atoms with Crippen molar-refractivity contribution in [3.8, 4) is 0 Å². The molecule has 6 nitrogen and oxygen atoms in total. The van der Waals surface area contributed by atoms with Crippen molar-refractivity contribution >= 4 is 39.4 Å². The molecule has 0 aliphatic rings. The number of hydrogen-bond donors (Lipinski definition) is 1. The first-order valence-electron chi connectivity index (χ1n) is 10.3. The lowest BCUT2D eigenvalue weighted by Crippen LogP contribution is -2.25. The smallest absolute Gasteiger partial charge is 0.262 e. The molecule has 0 saturated heterocycles. The van der Waals surface area contributed by atoms with Crippen molar-refractivity contribution < 1.29 is 9.21 Å². The summed E-state index contributed by atoms with van der Waals surface area (Å²) in [5, 5.41) is 1.49. The molecule has 5 aromatic rings. The average Bonchev–Trinajstić information content (AvgIpc) is 3.42. The van der Waals surface area contributed by atoms with E-state index in [1.807, 2.05) is 62.4 Å². The number of thioether (sulfide) groups is 1. The number of benzene rings is 2. The van der Waals surface area contributed by atoms with Crippen molar-refractivity contribution in [1.82, 2.24) is 14.5 Å². The maximum Gasteiger partial charge on any atom is 0.262 e. The molecule has 0 bridgehead atoms. The van der Waals surface area contributed by atoms with Crippen LogP contribution in [-0.4, -0.2) is 25.6 Å². The molecule has 0 fully saturated rings. The van der Waals surface area contributed by atoms with E-state index >= 15 is 0 Å². The van der Waals surface area contributed by atoms with Crippen LogP contribution in [-0.2, 0) is 6.54 Å². The zero-order valence-electron chi connectivity index (χ0n) is 17.7. The first kappa shape index (κ1) is 20.3. The Morgan fingerprint density at radius 1 is 1.09 bits per heavy atom. The molecule has 0 saturated carbocycles. The third kappa shape index (κ3) is 3.54. The second kappa shape index (κ2) is 8.16. The quantitative estimate of drug-likeness (QED) is 0.222. The molecule has 160 valence electrons. The number of aromatic nitrogens is 3. The Kier molecular flexibility index (Phi) is 5.19. The minimum absolute atomic E-state index is 0.00286. The predicted molar refractivity (Wildman–Crippen MR) is 126 cm³/mol. The summed E-state index contributed by atoms with van der Waals surface area (Å²) in [5.74, 6) is 0.648. The molecule has 3 heterocycles. The second-order valence-electron chi connectivity index (χ2n) is 7.68. The Morgan fingerprint density at radius 3 is 2.62 bits per heavy atom. The van der Waals surface area contributed by atoms with E-state index in [0.29, 0.717) is 27.4 Å². The number of rotatable bonds is 6. The summed E-state index contributed by atoms with van der Waals surface area (Å²) < 4.78 is 7.05. The lowest BCUT2D eigenvalue weighted by atomic mass is 10.1. The van der Waals surface area contributed by atoms with E-state index in [1.54, 1.807) is 23.0 Å². The van der Waals surface area contributed by atoms with Crippen molar-refractivity contribution in [2.75, 3.05) is 0 Å². The standard InChI is InChI=1S/C25H21N3O3S/c1-15-22(18-9-3-5-11-20(18)26-15)23(29)16(2)32-25-27-21-12-6-4-10-19(21)24(30)28(25)14-17-8-7-13-31-17/h3-13,16,26H,14H2,1-2H3. The molecular formula is C25H21N3O3S. The van der Waals surface area contributed by atoms with Crippen LogP contribution in [0.5, 0.6) is 0 Å². The van der Waals surface area contributed by atoms with Crippen LogP contribution in [0.3, 0.4) is 0 Å². The highest BCUT2D eigenvalue weighted by atomic mass is 32.2. The molecule has 2 aromatic carbocycles. The Balaban J connectivity index is 1.56. The van der Waals surface area contributed by atoms with Gasteiger partial charge in [-0.2, -0.15) is 0 Å². The fraction of sp³-hybridized carbons (Fsp3) is 0.160. The maximum atomic E-state index is 13.4. The van der Waals surface area contributed by atoms with Gasteiger partial charge in [0.05, 0.1) is 29.0 Å². The molecule has 1 atom stereocenters. The Labute approximate surface area is 188 Å². The summed E-state index contributed by atoms with van der Waals surface area (Å²) in [4.78, 5) is 34.7. The molecule has 1 N–H and O–H groups in total. The van der Waals surface area contributed by atoms with Crippen LogP contribution in [0.15, 0.2) is 81.3 Å². The van der Waals surface area contributed by atoms with Gasteiger partial charge < -0.3 is 9.40 Å². The van der Waals surface area contributed by atoms with Crippen LogP contribution in [0, 0.1) is 6.92 Å². The summed E-state index contributed by atoms with van der Waals surface area (Å²) in [6.45, 7) is 4.01. The monoisotopic (exact) mass is 443 g/mol. The molecule has 0 aliphatic carbocycles. The molecule has 3 aromatic heterocycles. The number of aryl methyl sites for hydroxylation is 1. The van der Waals surface area contributed by atoms with E-state index in [-0.39, 0.29) is 17.9 Å². The van der Waals surface area contributed by atoms with E-state index in [9.17, 15) is 9.59 Å². The zero-order chi connectivity index (χ0) is 22.2. The van der Waals surface area contributed by atoms with Crippen LogP contribution in [0.4, 0.5) is 0 Å². The Hall–Kier alpha value is -3.58. The third-order valence-electron chi connectivity index (χ3n) is 5.51. The minimum Gasteiger partial charge on any atom is -0.467 e. The minimum atomic E-state index is -0.441. The molecule has 32 heavy (non-hydrogen) atoms. The van der Waals surface area contributed by atoms with Crippen molar-refractivity contribution in [3.63, 3.8) is 0 Å². The summed E-state index contributed by atoms with van der Waals surface area (Å²) in [5.41, 5.74) is 2.91. The number of para-hydroxylation sites is 2. The molecule has 5 rings (SSSR count). The normalized spacial score (nSPS) is 12.4. The van der Waals surface area contributed by atoms with E-state index in [0.717, 1.165) is 16.6 Å². The van der Waals surface area contributed by atoms with Gasteiger partial charge in [0.1, 0.15) is 5.76 Å². The molecule has 0 radical (unpaired) electrons. The fourth-order valence-electron chi connectivity index (χ4n) is 3.94. The van der Waals surface area contributed by atoms with Gasteiger partial charge in [-0.25, -0.2) is 4.98 Å². The van der Waals surface area contributed by atoms with Gasteiger partial charge in [-0.3, -0.25) is 14.2 Å².